The van der Waals surface area contributed by atoms with Crippen LogP contribution in [0, 0.1) is 0 Å². The van der Waals surface area contributed by atoms with E-state index in [0.717, 1.165) is 12.0 Å². The summed E-state index contributed by atoms with van der Waals surface area (Å²) in [5.41, 5.74) is 0.871. The van der Waals surface area contributed by atoms with E-state index < -0.39 is 0 Å². The third-order valence-electron chi connectivity index (χ3n) is 4.21. The Morgan fingerprint density at radius 1 is 1.38 bits per heavy atom. The average molecular weight is 330 g/mol. The zero-order valence-corrected chi connectivity index (χ0v) is 13.9. The van der Waals surface area contributed by atoms with Crippen LogP contribution in [0.5, 0.6) is 0 Å². The summed E-state index contributed by atoms with van der Waals surface area (Å²) in [4.78, 5) is 22.7. The van der Waals surface area contributed by atoms with E-state index in [9.17, 15) is 4.79 Å². The van der Waals surface area contributed by atoms with E-state index in [1.54, 1.807) is 12.4 Å². The summed E-state index contributed by atoms with van der Waals surface area (Å²) in [6, 6.07) is 3.87. The van der Waals surface area contributed by atoms with Crippen LogP contribution < -0.4 is 0 Å². The smallest absolute Gasteiger partial charge is 0.226 e. The summed E-state index contributed by atoms with van der Waals surface area (Å²) < 4.78 is 10.7. The largest absolute Gasteiger partial charge is 0.377 e. The Balaban J connectivity index is 1.50. The van der Waals surface area contributed by atoms with Gasteiger partial charge in [-0.25, -0.2) is 0 Å². The van der Waals surface area contributed by atoms with Gasteiger partial charge in [-0.3, -0.25) is 9.78 Å². The summed E-state index contributed by atoms with van der Waals surface area (Å²) in [6.07, 6.45) is 6.09. The van der Waals surface area contributed by atoms with Gasteiger partial charge in [0.15, 0.2) is 0 Å². The molecule has 1 amide bonds. The van der Waals surface area contributed by atoms with Gasteiger partial charge in [0.1, 0.15) is 0 Å². The number of ether oxygens (including phenoxy) is 1. The van der Waals surface area contributed by atoms with E-state index in [2.05, 4.69) is 22.0 Å². The number of carbonyl (C=O) groups excluding carboxylic acids is 1. The predicted octanol–water partition coefficient (Wildman–Crippen LogP) is 2.09. The molecule has 24 heavy (non-hydrogen) atoms. The molecule has 3 rings (SSSR count). The third-order valence-corrected chi connectivity index (χ3v) is 4.21. The van der Waals surface area contributed by atoms with Gasteiger partial charge in [0.05, 0.1) is 19.3 Å². The van der Waals surface area contributed by atoms with Gasteiger partial charge in [0.25, 0.3) is 0 Å². The Morgan fingerprint density at radius 2 is 2.21 bits per heavy atom. The van der Waals surface area contributed by atoms with Crippen molar-refractivity contribution in [1.82, 2.24) is 20.0 Å². The van der Waals surface area contributed by atoms with E-state index in [0.29, 0.717) is 50.7 Å². The van der Waals surface area contributed by atoms with Crippen LogP contribution in [0.25, 0.3) is 11.4 Å². The number of carbonyl (C=O) groups is 1. The van der Waals surface area contributed by atoms with Crippen LogP contribution in [0.4, 0.5) is 0 Å². The summed E-state index contributed by atoms with van der Waals surface area (Å²) >= 11 is 0. The number of morpholine rings is 1. The van der Waals surface area contributed by atoms with Gasteiger partial charge in [-0.2, -0.15) is 4.98 Å². The number of aryl methyl sites for hydroxylation is 1. The van der Waals surface area contributed by atoms with Crippen molar-refractivity contribution in [3.8, 4) is 11.4 Å². The van der Waals surface area contributed by atoms with Gasteiger partial charge < -0.3 is 14.2 Å². The van der Waals surface area contributed by atoms with E-state index in [1.165, 1.54) is 0 Å². The molecular formula is C17H22N4O3. The molecule has 2 aromatic rings. The molecule has 7 heteroatoms. The molecule has 1 atom stereocenters. The highest BCUT2D eigenvalue weighted by Crippen LogP contribution is 2.16. The Bertz CT molecular complexity index is 659. The van der Waals surface area contributed by atoms with Crippen LogP contribution in [-0.2, 0) is 16.0 Å². The Kier molecular flexibility index (Phi) is 5.53. The average Bonchev–Trinajstić information content (AvgIpc) is 3.11. The van der Waals surface area contributed by atoms with Crippen LogP contribution in [0.2, 0.25) is 0 Å². The fourth-order valence-corrected chi connectivity index (χ4v) is 2.83. The van der Waals surface area contributed by atoms with Crippen molar-refractivity contribution < 1.29 is 14.1 Å². The maximum Gasteiger partial charge on any atom is 0.226 e. The Labute approximate surface area is 141 Å². The quantitative estimate of drug-likeness (QED) is 0.807. The lowest BCUT2D eigenvalue weighted by Crippen LogP contribution is -2.48. The molecule has 3 heterocycles. The molecule has 1 saturated heterocycles. The van der Waals surface area contributed by atoms with E-state index >= 15 is 0 Å². The zero-order chi connectivity index (χ0) is 16.8. The number of hydrogen-bond acceptors (Lipinski definition) is 6. The maximum absolute atomic E-state index is 12.4. The van der Waals surface area contributed by atoms with Gasteiger partial charge >= 0.3 is 0 Å². The number of aromatic nitrogens is 3. The Hall–Kier alpha value is -2.28. The third kappa shape index (κ3) is 3.97. The lowest BCUT2D eigenvalue weighted by atomic mass is 10.1. The zero-order valence-electron chi connectivity index (χ0n) is 13.9. The van der Waals surface area contributed by atoms with Gasteiger partial charge in [0, 0.05) is 37.3 Å². The summed E-state index contributed by atoms with van der Waals surface area (Å²) in [5.74, 6) is 1.29. The molecule has 1 aliphatic heterocycles. The topological polar surface area (TPSA) is 81.4 Å². The molecule has 7 nitrogen and oxygen atoms in total. The highest BCUT2D eigenvalue weighted by Gasteiger charge is 2.25. The fourth-order valence-electron chi connectivity index (χ4n) is 2.83. The minimum Gasteiger partial charge on any atom is -0.377 e. The summed E-state index contributed by atoms with van der Waals surface area (Å²) in [6.45, 7) is 4.03. The number of rotatable bonds is 6. The molecule has 1 aliphatic rings. The summed E-state index contributed by atoms with van der Waals surface area (Å²) in [7, 11) is 0. The second kappa shape index (κ2) is 8.01. The second-order valence-corrected chi connectivity index (χ2v) is 5.83. The van der Waals surface area contributed by atoms with Crippen molar-refractivity contribution in [2.24, 2.45) is 0 Å². The lowest BCUT2D eigenvalue weighted by molar-refractivity contribution is -0.140. The predicted molar refractivity (Wildman–Crippen MR) is 87.1 cm³/mol. The van der Waals surface area contributed by atoms with Crippen LogP contribution in [-0.4, -0.2) is 51.7 Å². The van der Waals surface area contributed by atoms with Gasteiger partial charge in [-0.1, -0.05) is 12.1 Å². The molecule has 1 fully saturated rings. The molecule has 0 saturated carbocycles. The van der Waals surface area contributed by atoms with Gasteiger partial charge in [-0.05, 0) is 25.0 Å². The van der Waals surface area contributed by atoms with Crippen molar-refractivity contribution in [3.05, 3.63) is 30.4 Å². The molecule has 0 aromatic carbocycles. The Morgan fingerprint density at radius 3 is 3.00 bits per heavy atom. The lowest BCUT2D eigenvalue weighted by Gasteiger charge is -2.35. The molecular weight excluding hydrogens is 308 g/mol. The molecule has 0 spiro atoms. The number of hydrogen-bond donors (Lipinski definition) is 0. The highest BCUT2D eigenvalue weighted by molar-refractivity contribution is 5.76. The first kappa shape index (κ1) is 16.6. The van der Waals surface area contributed by atoms with E-state index in [1.807, 2.05) is 17.0 Å². The monoisotopic (exact) mass is 330 g/mol. The molecule has 0 unspecified atom stereocenters. The maximum atomic E-state index is 12.4. The first-order valence-corrected chi connectivity index (χ1v) is 8.38. The first-order chi connectivity index (χ1) is 11.8. The van der Waals surface area contributed by atoms with Crippen LogP contribution in [0.15, 0.2) is 29.0 Å². The van der Waals surface area contributed by atoms with Crippen LogP contribution in [0.1, 0.15) is 32.1 Å². The number of amides is 1. The second-order valence-electron chi connectivity index (χ2n) is 5.83. The van der Waals surface area contributed by atoms with Crippen molar-refractivity contribution in [1.29, 1.82) is 0 Å². The minimum absolute atomic E-state index is 0.180. The first-order valence-electron chi connectivity index (χ1n) is 8.38. The van der Waals surface area contributed by atoms with Gasteiger partial charge in [-0.15, -0.1) is 0 Å². The van der Waals surface area contributed by atoms with Crippen molar-refractivity contribution in [3.63, 3.8) is 0 Å². The molecule has 128 valence electrons. The molecule has 0 bridgehead atoms. The standard InChI is InChI=1S/C17H22N4O3/c1-2-14-12-23-11-10-21(14)16(22)5-3-4-15-19-17(20-24-15)13-6-8-18-9-7-13/h6-9,14H,2-5,10-12H2,1H3/t14-/m0/s1. The molecule has 0 N–H and O–H groups in total. The van der Waals surface area contributed by atoms with Crippen molar-refractivity contribution >= 4 is 5.91 Å². The van der Waals surface area contributed by atoms with Crippen molar-refractivity contribution in [2.75, 3.05) is 19.8 Å². The normalized spacial score (nSPS) is 17.9. The van der Waals surface area contributed by atoms with Crippen LogP contribution >= 0.6 is 0 Å². The highest BCUT2D eigenvalue weighted by atomic mass is 16.5. The SMILES string of the molecule is CC[C@H]1COCCN1C(=O)CCCc1nc(-c2ccncc2)no1. The fraction of sp³-hybridized carbons (Fsp3) is 0.529. The van der Waals surface area contributed by atoms with Crippen LogP contribution in [0.3, 0.4) is 0 Å². The molecule has 2 aromatic heterocycles. The molecule has 0 radical (unpaired) electrons. The van der Waals surface area contributed by atoms with E-state index in [-0.39, 0.29) is 11.9 Å². The number of pyridine rings is 1. The van der Waals surface area contributed by atoms with E-state index in [4.69, 9.17) is 9.26 Å². The number of nitrogens with zero attached hydrogens (tertiary/aromatic N) is 4. The van der Waals surface area contributed by atoms with Gasteiger partial charge in [0.2, 0.25) is 17.6 Å². The minimum atomic E-state index is 0.180. The van der Waals surface area contributed by atoms with Crippen molar-refractivity contribution in [2.45, 2.75) is 38.6 Å². The molecule has 0 aliphatic carbocycles. The summed E-state index contributed by atoms with van der Waals surface area (Å²) in [5, 5.41) is 3.97.